The molecule has 2 rings (SSSR count). The van der Waals surface area contributed by atoms with Crippen LogP contribution in [0.2, 0.25) is 0 Å². The van der Waals surface area contributed by atoms with E-state index < -0.39 is 0 Å². The van der Waals surface area contributed by atoms with Gasteiger partial charge in [0.05, 0.1) is 0 Å². The van der Waals surface area contributed by atoms with Crippen LogP contribution in [0.4, 0.5) is 0 Å². The number of hydrogen-bond acceptors (Lipinski definition) is 4. The molecule has 1 aromatic carbocycles. The van der Waals surface area contributed by atoms with Crippen molar-refractivity contribution in [2.75, 3.05) is 0 Å². The minimum atomic E-state index is -0.174. The van der Waals surface area contributed by atoms with Crippen LogP contribution >= 0.6 is 0 Å². The summed E-state index contributed by atoms with van der Waals surface area (Å²) >= 11 is 0. The molecule has 1 atom stereocenters. The Labute approximate surface area is 107 Å². The van der Waals surface area contributed by atoms with Gasteiger partial charge in [0.25, 0.3) is 0 Å². The Bertz CT molecular complexity index is 539. The first-order chi connectivity index (χ1) is 8.35. The second kappa shape index (κ2) is 4.71. The van der Waals surface area contributed by atoms with Crippen molar-refractivity contribution < 1.29 is 4.42 Å². The van der Waals surface area contributed by atoms with E-state index in [1.165, 1.54) is 0 Å². The molecule has 0 aliphatic rings. The zero-order valence-corrected chi connectivity index (χ0v) is 11.2. The minimum Gasteiger partial charge on any atom is -0.441 e. The average molecular weight is 247 g/mol. The predicted octanol–water partition coefficient (Wildman–Crippen LogP) is 2.65. The molecule has 0 fully saturated rings. The van der Waals surface area contributed by atoms with Crippen molar-refractivity contribution in [3.8, 4) is 0 Å². The molecule has 18 heavy (non-hydrogen) atoms. The van der Waals surface area contributed by atoms with Gasteiger partial charge >= 0.3 is 0 Å². The van der Waals surface area contributed by atoms with Crippen molar-refractivity contribution in [3.05, 3.63) is 29.7 Å². The Kier molecular flexibility index (Phi) is 3.41. The maximum Gasteiger partial charge on any atom is 0.192 e. The molecule has 0 saturated heterocycles. The Balaban J connectivity index is 2.14. The lowest BCUT2D eigenvalue weighted by Crippen LogP contribution is -2.32. The second-order valence-corrected chi connectivity index (χ2v) is 5.59. The first-order valence-corrected chi connectivity index (χ1v) is 6.27. The first-order valence-electron chi connectivity index (χ1n) is 6.27. The number of benzene rings is 1. The molecule has 0 aliphatic carbocycles. The highest BCUT2D eigenvalue weighted by Crippen LogP contribution is 2.23. The first kappa shape index (κ1) is 13.1. The van der Waals surface area contributed by atoms with Crippen LogP contribution in [-0.2, 0) is 0 Å². The lowest BCUT2D eigenvalue weighted by molar-refractivity contribution is 0.433. The monoisotopic (exact) mass is 247 g/mol. The SMILES string of the molecule is Cc1nc2cc(C(N)CCC(C)(C)N)ccc2o1. The highest BCUT2D eigenvalue weighted by Gasteiger charge is 2.15. The number of oxazole rings is 1. The third-order valence-corrected chi connectivity index (χ3v) is 3.05. The fourth-order valence-electron chi connectivity index (χ4n) is 1.98. The molecule has 1 heterocycles. The van der Waals surface area contributed by atoms with Gasteiger partial charge in [0.2, 0.25) is 0 Å². The van der Waals surface area contributed by atoms with Gasteiger partial charge in [-0.25, -0.2) is 4.98 Å². The zero-order chi connectivity index (χ0) is 13.3. The third kappa shape index (κ3) is 3.09. The molecule has 4 nitrogen and oxygen atoms in total. The average Bonchev–Trinajstić information content (AvgIpc) is 2.63. The minimum absolute atomic E-state index is 0.00534. The van der Waals surface area contributed by atoms with E-state index in [0.717, 1.165) is 29.5 Å². The number of rotatable bonds is 4. The van der Waals surface area contributed by atoms with Crippen molar-refractivity contribution in [2.45, 2.75) is 45.2 Å². The molecule has 4 heteroatoms. The molecule has 0 bridgehead atoms. The smallest absolute Gasteiger partial charge is 0.192 e. The van der Waals surface area contributed by atoms with E-state index in [2.05, 4.69) is 4.98 Å². The van der Waals surface area contributed by atoms with E-state index in [1.54, 1.807) is 0 Å². The molecule has 2 aromatic rings. The molecule has 0 saturated carbocycles. The van der Waals surface area contributed by atoms with Crippen molar-refractivity contribution in [1.82, 2.24) is 4.98 Å². The quantitative estimate of drug-likeness (QED) is 0.870. The molecule has 98 valence electrons. The number of nitrogens with zero attached hydrogens (tertiary/aromatic N) is 1. The van der Waals surface area contributed by atoms with E-state index in [9.17, 15) is 0 Å². The number of aryl methyl sites for hydroxylation is 1. The van der Waals surface area contributed by atoms with Crippen molar-refractivity contribution >= 4 is 11.1 Å². The van der Waals surface area contributed by atoms with Gasteiger partial charge in [0.1, 0.15) is 5.52 Å². The summed E-state index contributed by atoms with van der Waals surface area (Å²) in [6.45, 7) is 5.88. The fraction of sp³-hybridized carbons (Fsp3) is 0.500. The lowest BCUT2D eigenvalue weighted by atomic mass is 9.94. The van der Waals surface area contributed by atoms with Gasteiger partial charge in [0.15, 0.2) is 11.5 Å². The summed E-state index contributed by atoms with van der Waals surface area (Å²) in [5.41, 5.74) is 14.7. The summed E-state index contributed by atoms with van der Waals surface area (Å²) in [7, 11) is 0. The summed E-state index contributed by atoms with van der Waals surface area (Å²) in [5, 5.41) is 0. The number of nitrogens with two attached hydrogens (primary N) is 2. The zero-order valence-electron chi connectivity index (χ0n) is 11.2. The van der Waals surface area contributed by atoms with E-state index >= 15 is 0 Å². The number of aromatic nitrogens is 1. The summed E-state index contributed by atoms with van der Waals surface area (Å²) in [5.74, 6) is 0.679. The van der Waals surface area contributed by atoms with Gasteiger partial charge in [-0.15, -0.1) is 0 Å². The summed E-state index contributed by atoms with van der Waals surface area (Å²) < 4.78 is 5.44. The van der Waals surface area contributed by atoms with Gasteiger partial charge in [-0.1, -0.05) is 6.07 Å². The molecule has 0 radical (unpaired) electrons. The van der Waals surface area contributed by atoms with Gasteiger partial charge in [-0.3, -0.25) is 0 Å². The topological polar surface area (TPSA) is 78.1 Å². The van der Waals surface area contributed by atoms with Crippen LogP contribution in [0.25, 0.3) is 11.1 Å². The highest BCUT2D eigenvalue weighted by atomic mass is 16.3. The normalized spacial score (nSPS) is 14.1. The van der Waals surface area contributed by atoms with Gasteiger partial charge < -0.3 is 15.9 Å². The van der Waals surface area contributed by atoms with Gasteiger partial charge in [-0.05, 0) is 44.4 Å². The fourth-order valence-corrected chi connectivity index (χ4v) is 1.98. The van der Waals surface area contributed by atoms with E-state index in [1.807, 2.05) is 39.0 Å². The molecule has 0 amide bonds. The van der Waals surface area contributed by atoms with Crippen LogP contribution in [0.5, 0.6) is 0 Å². The molecule has 0 spiro atoms. The predicted molar refractivity (Wildman–Crippen MR) is 73.2 cm³/mol. The van der Waals surface area contributed by atoms with Crippen LogP contribution in [0.15, 0.2) is 22.6 Å². The molecular formula is C14H21N3O. The molecule has 4 N–H and O–H groups in total. The standard InChI is InChI=1S/C14H21N3O/c1-9-17-12-8-10(4-5-13(12)18-9)11(15)6-7-14(2,3)16/h4-5,8,11H,6-7,15-16H2,1-3H3. The van der Waals surface area contributed by atoms with Gasteiger partial charge in [-0.2, -0.15) is 0 Å². The largest absolute Gasteiger partial charge is 0.441 e. The lowest BCUT2D eigenvalue weighted by Gasteiger charge is -2.21. The highest BCUT2D eigenvalue weighted by molar-refractivity contribution is 5.73. The van der Waals surface area contributed by atoms with Crippen molar-refractivity contribution in [1.29, 1.82) is 0 Å². The molecule has 1 unspecified atom stereocenters. The third-order valence-electron chi connectivity index (χ3n) is 3.05. The van der Waals surface area contributed by atoms with Crippen LogP contribution < -0.4 is 11.5 Å². The van der Waals surface area contributed by atoms with Crippen molar-refractivity contribution in [2.24, 2.45) is 11.5 Å². The maximum absolute atomic E-state index is 6.19. The van der Waals surface area contributed by atoms with E-state index in [0.29, 0.717) is 5.89 Å². The summed E-state index contributed by atoms with van der Waals surface area (Å²) in [6, 6.07) is 5.92. The number of hydrogen-bond donors (Lipinski definition) is 2. The Morgan fingerprint density at radius 3 is 2.78 bits per heavy atom. The van der Waals surface area contributed by atoms with Crippen LogP contribution in [0.1, 0.15) is 44.2 Å². The van der Waals surface area contributed by atoms with Crippen molar-refractivity contribution in [3.63, 3.8) is 0 Å². The second-order valence-electron chi connectivity index (χ2n) is 5.59. The molecular weight excluding hydrogens is 226 g/mol. The summed E-state index contributed by atoms with van der Waals surface area (Å²) in [4.78, 5) is 4.32. The maximum atomic E-state index is 6.19. The Morgan fingerprint density at radius 1 is 1.39 bits per heavy atom. The summed E-state index contributed by atoms with van der Waals surface area (Å²) in [6.07, 6.45) is 1.76. The van der Waals surface area contributed by atoms with E-state index in [-0.39, 0.29) is 11.6 Å². The van der Waals surface area contributed by atoms with E-state index in [4.69, 9.17) is 15.9 Å². The van der Waals surface area contributed by atoms with Gasteiger partial charge in [0, 0.05) is 18.5 Å². The number of fused-ring (bicyclic) bond motifs is 1. The van der Waals surface area contributed by atoms with Crippen LogP contribution in [0, 0.1) is 6.92 Å². The van der Waals surface area contributed by atoms with Crippen LogP contribution in [-0.4, -0.2) is 10.5 Å². The molecule has 1 aromatic heterocycles. The molecule has 0 aliphatic heterocycles. The Hall–Kier alpha value is -1.39. The van der Waals surface area contributed by atoms with Crippen LogP contribution in [0.3, 0.4) is 0 Å². The Morgan fingerprint density at radius 2 is 2.11 bits per heavy atom.